The Bertz CT molecular complexity index is 448. The molecule has 96 valence electrons. The number of methoxy groups -OCH3 is 1. The fourth-order valence-corrected chi connectivity index (χ4v) is 2.71. The maximum atomic E-state index is 11.4. The topological polar surface area (TPSA) is 55.4 Å². The summed E-state index contributed by atoms with van der Waals surface area (Å²) < 4.78 is 30.3. The molecule has 0 aliphatic heterocycles. The summed E-state index contributed by atoms with van der Waals surface area (Å²) in [5, 5.41) is 0. The first-order valence-electron chi connectivity index (χ1n) is 5.17. The Morgan fingerprint density at radius 1 is 1.35 bits per heavy atom. The summed E-state index contributed by atoms with van der Waals surface area (Å²) >= 11 is 5.40. The van der Waals surface area contributed by atoms with Crippen molar-refractivity contribution in [3.8, 4) is 0 Å². The van der Waals surface area contributed by atoms with Crippen LogP contribution in [0, 0.1) is 0 Å². The SMILES string of the molecule is COCc1cccc(CNS(=O)(=O)CCCl)c1. The Hall–Kier alpha value is -0.620. The highest BCUT2D eigenvalue weighted by Gasteiger charge is 2.08. The fourth-order valence-electron chi connectivity index (χ4n) is 1.36. The largest absolute Gasteiger partial charge is 0.380 e. The van der Waals surface area contributed by atoms with Gasteiger partial charge in [-0.05, 0) is 11.1 Å². The van der Waals surface area contributed by atoms with E-state index in [-0.39, 0.29) is 18.2 Å². The second-order valence-corrected chi connectivity index (χ2v) is 5.89. The van der Waals surface area contributed by atoms with Crippen LogP contribution in [0.2, 0.25) is 0 Å². The van der Waals surface area contributed by atoms with Crippen LogP contribution >= 0.6 is 11.6 Å². The molecule has 0 saturated heterocycles. The molecule has 4 nitrogen and oxygen atoms in total. The molecule has 1 rings (SSSR count). The van der Waals surface area contributed by atoms with Gasteiger partial charge in [0.15, 0.2) is 0 Å². The maximum absolute atomic E-state index is 11.4. The third-order valence-electron chi connectivity index (χ3n) is 2.14. The molecular weight excluding hydrogens is 262 g/mol. The van der Waals surface area contributed by atoms with Crippen molar-refractivity contribution in [3.05, 3.63) is 35.4 Å². The fraction of sp³-hybridized carbons (Fsp3) is 0.455. The molecule has 0 radical (unpaired) electrons. The number of hydrogen-bond donors (Lipinski definition) is 1. The number of ether oxygens (including phenoxy) is 1. The van der Waals surface area contributed by atoms with E-state index in [0.717, 1.165) is 11.1 Å². The zero-order valence-corrected chi connectivity index (χ0v) is 11.2. The van der Waals surface area contributed by atoms with Crippen LogP contribution in [0.15, 0.2) is 24.3 Å². The van der Waals surface area contributed by atoms with E-state index in [0.29, 0.717) is 6.61 Å². The van der Waals surface area contributed by atoms with Gasteiger partial charge in [-0.15, -0.1) is 11.6 Å². The Morgan fingerprint density at radius 3 is 2.71 bits per heavy atom. The first-order valence-corrected chi connectivity index (χ1v) is 7.36. The molecule has 0 aliphatic rings. The van der Waals surface area contributed by atoms with Crippen LogP contribution in [0.1, 0.15) is 11.1 Å². The van der Waals surface area contributed by atoms with Crippen molar-refractivity contribution >= 4 is 21.6 Å². The molecule has 0 unspecified atom stereocenters. The molecule has 0 fully saturated rings. The zero-order chi connectivity index (χ0) is 12.7. The van der Waals surface area contributed by atoms with Crippen LogP contribution in [0.25, 0.3) is 0 Å². The van der Waals surface area contributed by atoms with Gasteiger partial charge in [0.25, 0.3) is 0 Å². The molecule has 1 aromatic carbocycles. The molecule has 0 heterocycles. The van der Waals surface area contributed by atoms with Crippen molar-refractivity contribution in [2.75, 3.05) is 18.7 Å². The van der Waals surface area contributed by atoms with Gasteiger partial charge in [0.2, 0.25) is 10.0 Å². The molecule has 0 aliphatic carbocycles. The van der Waals surface area contributed by atoms with E-state index in [1.807, 2.05) is 24.3 Å². The minimum absolute atomic E-state index is 0.0632. The lowest BCUT2D eigenvalue weighted by atomic mass is 10.1. The average Bonchev–Trinajstić information content (AvgIpc) is 2.28. The normalized spacial score (nSPS) is 11.6. The van der Waals surface area contributed by atoms with Crippen molar-refractivity contribution in [2.45, 2.75) is 13.2 Å². The number of hydrogen-bond acceptors (Lipinski definition) is 3. The van der Waals surface area contributed by atoms with Crippen LogP contribution in [0.5, 0.6) is 0 Å². The second-order valence-electron chi connectivity index (χ2n) is 3.58. The highest BCUT2D eigenvalue weighted by molar-refractivity contribution is 7.89. The summed E-state index contributed by atoms with van der Waals surface area (Å²) in [5.74, 6) is 0.0331. The lowest BCUT2D eigenvalue weighted by Crippen LogP contribution is -2.26. The van der Waals surface area contributed by atoms with Gasteiger partial charge in [0, 0.05) is 19.5 Å². The number of sulfonamides is 1. The molecule has 1 N–H and O–H groups in total. The monoisotopic (exact) mass is 277 g/mol. The predicted molar refractivity (Wildman–Crippen MR) is 68.5 cm³/mol. The van der Waals surface area contributed by atoms with Crippen LogP contribution in [-0.2, 0) is 27.9 Å². The molecule has 0 saturated carbocycles. The molecule has 0 aromatic heterocycles. The minimum Gasteiger partial charge on any atom is -0.380 e. The highest BCUT2D eigenvalue weighted by atomic mass is 35.5. The molecular formula is C11H16ClNO3S. The Kier molecular flexibility index (Phi) is 5.91. The Balaban J connectivity index is 2.60. The summed E-state index contributed by atoms with van der Waals surface area (Å²) in [6.45, 7) is 0.791. The molecule has 0 amide bonds. The van der Waals surface area contributed by atoms with Crippen LogP contribution in [0.3, 0.4) is 0 Å². The van der Waals surface area contributed by atoms with Crippen molar-refractivity contribution in [1.82, 2.24) is 4.72 Å². The van der Waals surface area contributed by atoms with Crippen molar-refractivity contribution in [3.63, 3.8) is 0 Å². The molecule has 6 heteroatoms. The zero-order valence-electron chi connectivity index (χ0n) is 9.65. The van der Waals surface area contributed by atoms with Crippen LogP contribution in [-0.4, -0.2) is 27.2 Å². The second kappa shape index (κ2) is 6.96. The first kappa shape index (κ1) is 14.4. The van der Waals surface area contributed by atoms with Gasteiger partial charge in [-0.1, -0.05) is 24.3 Å². The van der Waals surface area contributed by atoms with E-state index in [9.17, 15) is 8.42 Å². The van der Waals surface area contributed by atoms with Gasteiger partial charge in [-0.25, -0.2) is 13.1 Å². The Morgan fingerprint density at radius 2 is 2.06 bits per heavy atom. The van der Waals surface area contributed by atoms with E-state index in [1.165, 1.54) is 0 Å². The predicted octanol–water partition coefficient (Wildman–Crippen LogP) is 1.49. The van der Waals surface area contributed by atoms with E-state index >= 15 is 0 Å². The summed E-state index contributed by atoms with van der Waals surface area (Å²) in [7, 11) is -1.65. The smallest absolute Gasteiger partial charge is 0.213 e. The van der Waals surface area contributed by atoms with Crippen LogP contribution < -0.4 is 4.72 Å². The maximum Gasteiger partial charge on any atom is 0.213 e. The lowest BCUT2D eigenvalue weighted by Gasteiger charge is -2.07. The number of benzene rings is 1. The third kappa shape index (κ3) is 5.50. The standard InChI is InChI=1S/C11H16ClNO3S/c1-16-9-11-4-2-3-10(7-11)8-13-17(14,15)6-5-12/h2-4,7,13H,5-6,8-9H2,1H3. The van der Waals surface area contributed by atoms with Crippen molar-refractivity contribution < 1.29 is 13.2 Å². The number of halogens is 1. The van der Waals surface area contributed by atoms with Gasteiger partial charge in [-0.3, -0.25) is 0 Å². The third-order valence-corrected chi connectivity index (χ3v) is 3.88. The quantitative estimate of drug-likeness (QED) is 0.769. The van der Waals surface area contributed by atoms with Gasteiger partial charge < -0.3 is 4.74 Å². The Labute approximate surface area is 107 Å². The number of nitrogens with one attached hydrogen (secondary N) is 1. The summed E-state index contributed by atoms with van der Waals surface area (Å²) in [4.78, 5) is 0. The summed E-state index contributed by atoms with van der Waals surface area (Å²) in [6.07, 6.45) is 0. The van der Waals surface area contributed by atoms with E-state index < -0.39 is 10.0 Å². The first-order chi connectivity index (χ1) is 8.07. The average molecular weight is 278 g/mol. The van der Waals surface area contributed by atoms with Gasteiger partial charge >= 0.3 is 0 Å². The molecule has 0 bridgehead atoms. The van der Waals surface area contributed by atoms with Crippen molar-refractivity contribution in [1.29, 1.82) is 0 Å². The van der Waals surface area contributed by atoms with Gasteiger partial charge in [0.1, 0.15) is 0 Å². The number of alkyl halides is 1. The van der Waals surface area contributed by atoms with E-state index in [4.69, 9.17) is 16.3 Å². The van der Waals surface area contributed by atoms with E-state index in [2.05, 4.69) is 4.72 Å². The van der Waals surface area contributed by atoms with E-state index in [1.54, 1.807) is 7.11 Å². The number of rotatable bonds is 7. The van der Waals surface area contributed by atoms with Gasteiger partial charge in [0.05, 0.1) is 12.4 Å². The molecule has 0 atom stereocenters. The van der Waals surface area contributed by atoms with Gasteiger partial charge in [-0.2, -0.15) is 0 Å². The van der Waals surface area contributed by atoms with Crippen LogP contribution in [0.4, 0.5) is 0 Å². The van der Waals surface area contributed by atoms with Crippen molar-refractivity contribution in [2.24, 2.45) is 0 Å². The molecule has 1 aromatic rings. The molecule has 0 spiro atoms. The molecule has 17 heavy (non-hydrogen) atoms. The summed E-state index contributed by atoms with van der Waals surface area (Å²) in [5.41, 5.74) is 1.92. The highest BCUT2D eigenvalue weighted by Crippen LogP contribution is 2.06. The minimum atomic E-state index is -3.27. The lowest BCUT2D eigenvalue weighted by molar-refractivity contribution is 0.185. The summed E-state index contributed by atoms with van der Waals surface area (Å²) in [6, 6.07) is 7.58.